The van der Waals surface area contributed by atoms with Crippen LogP contribution in [0.5, 0.6) is 0 Å². The number of halogens is 2. The summed E-state index contributed by atoms with van der Waals surface area (Å²) in [5.74, 6) is -5.40. The van der Waals surface area contributed by atoms with Gasteiger partial charge in [0.1, 0.15) is 0 Å². The third-order valence-corrected chi connectivity index (χ3v) is 3.25. The molecule has 7 heteroatoms. The Labute approximate surface area is 135 Å². The third-order valence-electron chi connectivity index (χ3n) is 3.25. The number of ketones is 2. The number of carbonyl (C=O) groups is 3. The molecule has 1 aromatic heterocycles. The summed E-state index contributed by atoms with van der Waals surface area (Å²) < 4.78 is 28.5. The summed E-state index contributed by atoms with van der Waals surface area (Å²) in [5.41, 5.74) is 0.669. The average Bonchev–Trinajstić information content (AvgIpc) is 2.97. The van der Waals surface area contributed by atoms with Crippen molar-refractivity contribution in [3.05, 3.63) is 65.5 Å². The van der Waals surface area contributed by atoms with Crippen molar-refractivity contribution in [2.45, 2.75) is 13.0 Å². The predicted octanol–water partition coefficient (Wildman–Crippen LogP) is 2.44. The molecule has 1 N–H and O–H groups in total. The molecule has 0 atom stereocenters. The van der Waals surface area contributed by atoms with Gasteiger partial charge in [-0.25, -0.2) is 13.6 Å². The number of carboxylic acid groups (broad SMARTS) is 1. The maximum atomic E-state index is 13.7. The van der Waals surface area contributed by atoms with Crippen molar-refractivity contribution in [3.63, 3.8) is 0 Å². The van der Waals surface area contributed by atoms with Crippen LogP contribution < -0.4 is 0 Å². The van der Waals surface area contributed by atoms with Crippen molar-refractivity contribution < 1.29 is 28.3 Å². The molecule has 0 amide bonds. The van der Waals surface area contributed by atoms with Crippen LogP contribution in [0.2, 0.25) is 0 Å². The van der Waals surface area contributed by atoms with E-state index >= 15 is 0 Å². The zero-order chi connectivity index (χ0) is 17.7. The Morgan fingerprint density at radius 1 is 1.12 bits per heavy atom. The van der Waals surface area contributed by atoms with Crippen LogP contribution >= 0.6 is 0 Å². The first-order valence-corrected chi connectivity index (χ1v) is 6.93. The molecule has 0 aliphatic carbocycles. The van der Waals surface area contributed by atoms with Gasteiger partial charge in [-0.3, -0.25) is 9.59 Å². The first-order chi connectivity index (χ1) is 11.4. The molecular formula is C17H13F2NO4. The second-order valence-corrected chi connectivity index (χ2v) is 4.98. The Kier molecular flexibility index (Phi) is 5.36. The second kappa shape index (κ2) is 7.45. The quantitative estimate of drug-likeness (QED) is 0.480. The van der Waals surface area contributed by atoms with Crippen molar-refractivity contribution in [2.24, 2.45) is 0 Å². The fraction of sp³-hybridized carbons (Fsp3) is 0.118. The fourth-order valence-electron chi connectivity index (χ4n) is 2.05. The Bertz CT molecular complexity index is 824. The van der Waals surface area contributed by atoms with Crippen molar-refractivity contribution in [1.82, 2.24) is 4.57 Å². The second-order valence-electron chi connectivity index (χ2n) is 4.98. The molecule has 0 aliphatic heterocycles. The minimum absolute atomic E-state index is 0.0541. The van der Waals surface area contributed by atoms with Crippen LogP contribution in [0.25, 0.3) is 6.08 Å². The first kappa shape index (κ1) is 17.3. The number of aliphatic carboxylic acids is 1. The minimum atomic E-state index is -1.67. The van der Waals surface area contributed by atoms with E-state index in [1.807, 2.05) is 0 Å². The Hall–Kier alpha value is -3.09. The van der Waals surface area contributed by atoms with Gasteiger partial charge < -0.3 is 9.67 Å². The van der Waals surface area contributed by atoms with E-state index in [4.69, 9.17) is 5.11 Å². The monoisotopic (exact) mass is 333 g/mol. The number of hydrogen-bond donors (Lipinski definition) is 1. The van der Waals surface area contributed by atoms with Gasteiger partial charge in [-0.1, -0.05) is 12.1 Å². The summed E-state index contributed by atoms with van der Waals surface area (Å²) in [6.07, 6.45) is 3.35. The molecule has 0 aliphatic rings. The lowest BCUT2D eigenvalue weighted by molar-refractivity contribution is -0.149. The van der Waals surface area contributed by atoms with Crippen molar-refractivity contribution in [3.8, 4) is 0 Å². The highest BCUT2D eigenvalue weighted by Gasteiger charge is 2.14. The number of benzene rings is 1. The summed E-state index contributed by atoms with van der Waals surface area (Å²) in [4.78, 5) is 32.9. The van der Waals surface area contributed by atoms with Crippen molar-refractivity contribution >= 4 is 23.6 Å². The van der Waals surface area contributed by atoms with E-state index in [9.17, 15) is 23.2 Å². The smallest absolute Gasteiger partial charge is 0.372 e. The minimum Gasteiger partial charge on any atom is -0.475 e. The molecule has 0 unspecified atom stereocenters. The zero-order valence-electron chi connectivity index (χ0n) is 12.4. The van der Waals surface area contributed by atoms with E-state index in [2.05, 4.69) is 0 Å². The molecule has 0 spiro atoms. The highest BCUT2D eigenvalue weighted by Crippen LogP contribution is 2.15. The fourth-order valence-corrected chi connectivity index (χ4v) is 2.05. The molecule has 0 saturated carbocycles. The maximum Gasteiger partial charge on any atom is 0.372 e. The lowest BCUT2D eigenvalue weighted by Crippen LogP contribution is -2.15. The molecule has 1 heterocycles. The highest BCUT2D eigenvalue weighted by molar-refractivity contribution is 6.37. The number of Topliss-reactive ketones (excluding diaryl/α,β-unsaturated/α-hetero) is 1. The summed E-state index contributed by atoms with van der Waals surface area (Å²) in [7, 11) is 0. The lowest BCUT2D eigenvalue weighted by atomic mass is 10.2. The first-order valence-electron chi connectivity index (χ1n) is 6.93. The summed E-state index contributed by atoms with van der Waals surface area (Å²) in [6, 6.07) is 7.16. The van der Waals surface area contributed by atoms with Crippen LogP contribution in [0.1, 0.15) is 17.7 Å². The normalized spacial score (nSPS) is 10.9. The molecule has 2 aromatic rings. The standard InChI is InChI=1S/C17H13F2NO4/c18-14-5-1-3-11(16(14)19)10-20-8-2-4-12(20)6-7-13(21)9-15(22)17(23)24/h1-8H,9-10H2,(H,23,24)/b7-6+. The third kappa shape index (κ3) is 4.22. The van der Waals surface area contributed by atoms with E-state index in [1.165, 1.54) is 18.2 Å². The zero-order valence-corrected chi connectivity index (χ0v) is 12.4. The Morgan fingerprint density at radius 2 is 1.88 bits per heavy atom. The van der Waals surface area contributed by atoms with Gasteiger partial charge >= 0.3 is 5.97 Å². The summed E-state index contributed by atoms with van der Waals surface area (Å²) >= 11 is 0. The summed E-state index contributed by atoms with van der Waals surface area (Å²) in [5, 5.41) is 8.44. The molecule has 0 fully saturated rings. The van der Waals surface area contributed by atoms with E-state index in [0.29, 0.717) is 5.69 Å². The number of allylic oxidation sites excluding steroid dienone is 1. The number of aromatic nitrogens is 1. The number of rotatable bonds is 7. The van der Waals surface area contributed by atoms with Gasteiger partial charge in [0.2, 0.25) is 5.78 Å². The Morgan fingerprint density at radius 3 is 2.58 bits per heavy atom. The van der Waals surface area contributed by atoms with Gasteiger partial charge in [-0.15, -0.1) is 0 Å². The van der Waals surface area contributed by atoms with Gasteiger partial charge in [-0.2, -0.15) is 0 Å². The van der Waals surface area contributed by atoms with E-state index in [0.717, 1.165) is 12.1 Å². The number of carboxylic acids is 1. The van der Waals surface area contributed by atoms with E-state index in [-0.39, 0.29) is 12.1 Å². The molecule has 2 rings (SSSR count). The van der Waals surface area contributed by atoms with Gasteiger partial charge in [0, 0.05) is 17.5 Å². The topological polar surface area (TPSA) is 76.4 Å². The molecule has 24 heavy (non-hydrogen) atoms. The highest BCUT2D eigenvalue weighted by atomic mass is 19.2. The van der Waals surface area contributed by atoms with Gasteiger partial charge in [0.25, 0.3) is 0 Å². The van der Waals surface area contributed by atoms with Crippen LogP contribution in [-0.4, -0.2) is 27.2 Å². The van der Waals surface area contributed by atoms with E-state index in [1.54, 1.807) is 22.9 Å². The van der Waals surface area contributed by atoms with Crippen LogP contribution in [0.3, 0.4) is 0 Å². The number of carbonyl (C=O) groups excluding carboxylic acids is 2. The molecule has 124 valence electrons. The molecule has 5 nitrogen and oxygen atoms in total. The van der Waals surface area contributed by atoms with E-state index < -0.39 is 35.6 Å². The molecule has 0 bridgehead atoms. The molecule has 1 aromatic carbocycles. The summed E-state index contributed by atoms with van der Waals surface area (Å²) in [6.45, 7) is 0.0541. The predicted molar refractivity (Wildman–Crippen MR) is 81.2 cm³/mol. The number of nitrogens with zero attached hydrogens (tertiary/aromatic N) is 1. The largest absolute Gasteiger partial charge is 0.475 e. The average molecular weight is 333 g/mol. The van der Waals surface area contributed by atoms with Crippen molar-refractivity contribution in [1.29, 1.82) is 0 Å². The van der Waals surface area contributed by atoms with Crippen LogP contribution in [0, 0.1) is 11.6 Å². The van der Waals surface area contributed by atoms with Crippen LogP contribution in [0.15, 0.2) is 42.6 Å². The van der Waals surface area contributed by atoms with Gasteiger partial charge in [0.05, 0.1) is 13.0 Å². The number of hydrogen-bond acceptors (Lipinski definition) is 3. The molecule has 0 saturated heterocycles. The van der Waals surface area contributed by atoms with Gasteiger partial charge in [-0.05, 0) is 30.4 Å². The van der Waals surface area contributed by atoms with Crippen LogP contribution in [0.4, 0.5) is 8.78 Å². The van der Waals surface area contributed by atoms with Crippen LogP contribution in [-0.2, 0) is 20.9 Å². The molecular weight excluding hydrogens is 320 g/mol. The SMILES string of the molecule is O=C(/C=C/c1cccn1Cc1cccc(F)c1F)CC(=O)C(=O)O. The Balaban J connectivity index is 2.11. The van der Waals surface area contributed by atoms with Crippen molar-refractivity contribution in [2.75, 3.05) is 0 Å². The maximum absolute atomic E-state index is 13.7. The lowest BCUT2D eigenvalue weighted by Gasteiger charge is -2.08. The van der Waals surface area contributed by atoms with Gasteiger partial charge in [0.15, 0.2) is 17.4 Å². The molecule has 0 radical (unpaired) electrons.